The normalized spacial score (nSPS) is 10.8. The van der Waals surface area contributed by atoms with Crippen LogP contribution in [0.2, 0.25) is 0 Å². The van der Waals surface area contributed by atoms with Crippen molar-refractivity contribution in [1.82, 2.24) is 15.1 Å². The highest BCUT2D eigenvalue weighted by Crippen LogP contribution is 2.40. The van der Waals surface area contributed by atoms with Crippen molar-refractivity contribution in [3.05, 3.63) is 24.3 Å². The van der Waals surface area contributed by atoms with Crippen LogP contribution in [-0.2, 0) is 0 Å². The van der Waals surface area contributed by atoms with Gasteiger partial charge < -0.3 is 19.1 Å². The number of thioether (sulfide) groups is 1. The van der Waals surface area contributed by atoms with Gasteiger partial charge in [-0.05, 0) is 37.4 Å². The third-order valence-electron chi connectivity index (χ3n) is 4.15. The molecule has 26 heavy (non-hydrogen) atoms. The molecular weight excluding hydrogens is 350 g/mol. The van der Waals surface area contributed by atoms with Crippen molar-refractivity contribution in [1.29, 1.82) is 0 Å². The maximum atomic E-state index is 5.40. The highest BCUT2D eigenvalue weighted by Gasteiger charge is 2.15. The van der Waals surface area contributed by atoms with Crippen molar-refractivity contribution in [3.8, 4) is 28.5 Å². The van der Waals surface area contributed by atoms with Crippen LogP contribution in [0.3, 0.4) is 0 Å². The van der Waals surface area contributed by atoms with Gasteiger partial charge in [0, 0.05) is 17.9 Å². The molecule has 0 radical (unpaired) electrons. The average molecular weight is 378 g/mol. The molecule has 0 saturated heterocycles. The number of aromatic nitrogens is 2. The van der Waals surface area contributed by atoms with Gasteiger partial charge in [-0.1, -0.05) is 13.8 Å². The fourth-order valence-electron chi connectivity index (χ4n) is 2.60. The van der Waals surface area contributed by atoms with Gasteiger partial charge in [0.15, 0.2) is 11.5 Å². The lowest BCUT2D eigenvalue weighted by molar-refractivity contribution is 0.324. The summed E-state index contributed by atoms with van der Waals surface area (Å²) >= 11 is 1.72. The summed E-state index contributed by atoms with van der Waals surface area (Å²) in [6, 6.07) is 7.71. The van der Waals surface area contributed by atoms with Gasteiger partial charge in [-0.25, -0.2) is 0 Å². The van der Waals surface area contributed by atoms with E-state index in [1.54, 1.807) is 33.1 Å². The molecule has 0 unspecified atom stereocenters. The molecule has 0 aliphatic rings. The number of benzene rings is 1. The van der Waals surface area contributed by atoms with E-state index in [-0.39, 0.29) is 0 Å². The molecule has 0 N–H and O–H groups in total. The second-order valence-electron chi connectivity index (χ2n) is 5.55. The van der Waals surface area contributed by atoms with Gasteiger partial charge in [0.1, 0.15) is 5.03 Å². The molecule has 0 fully saturated rings. The van der Waals surface area contributed by atoms with Crippen LogP contribution in [0, 0.1) is 0 Å². The summed E-state index contributed by atoms with van der Waals surface area (Å²) in [4.78, 5) is 2.39. The van der Waals surface area contributed by atoms with Crippen molar-refractivity contribution in [3.63, 3.8) is 0 Å². The monoisotopic (exact) mass is 377 g/mol. The lowest BCUT2D eigenvalue weighted by atomic mass is 10.1. The number of methoxy groups -OCH3 is 3. The predicted octanol–water partition coefficient (Wildman–Crippen LogP) is 3.60. The van der Waals surface area contributed by atoms with Gasteiger partial charge in [-0.2, -0.15) is 0 Å². The van der Waals surface area contributed by atoms with E-state index in [4.69, 9.17) is 14.2 Å². The Kier molecular flexibility index (Phi) is 8.00. The Morgan fingerprint density at radius 1 is 0.923 bits per heavy atom. The highest BCUT2D eigenvalue weighted by atomic mass is 32.2. The Labute approximate surface area is 159 Å². The topological polar surface area (TPSA) is 56.7 Å². The first-order chi connectivity index (χ1) is 12.7. The molecule has 0 saturated carbocycles. The van der Waals surface area contributed by atoms with Gasteiger partial charge in [-0.3, -0.25) is 0 Å². The van der Waals surface area contributed by atoms with Crippen molar-refractivity contribution in [2.24, 2.45) is 0 Å². The van der Waals surface area contributed by atoms with Gasteiger partial charge in [0.2, 0.25) is 5.75 Å². The van der Waals surface area contributed by atoms with Crippen LogP contribution in [0.25, 0.3) is 11.3 Å². The molecule has 0 spiro atoms. The molecule has 6 nitrogen and oxygen atoms in total. The Hall–Kier alpha value is -1.99. The van der Waals surface area contributed by atoms with E-state index in [1.165, 1.54) is 0 Å². The quantitative estimate of drug-likeness (QED) is 0.586. The predicted molar refractivity (Wildman–Crippen MR) is 106 cm³/mol. The Morgan fingerprint density at radius 3 is 2.04 bits per heavy atom. The number of hydrogen-bond donors (Lipinski definition) is 0. The van der Waals surface area contributed by atoms with Crippen LogP contribution in [-0.4, -0.2) is 61.8 Å². The first-order valence-electron chi connectivity index (χ1n) is 8.66. The molecule has 1 aromatic heterocycles. The molecule has 1 heterocycles. The summed E-state index contributed by atoms with van der Waals surface area (Å²) in [6.45, 7) is 7.56. The summed E-state index contributed by atoms with van der Waals surface area (Å²) in [5.74, 6) is 2.76. The van der Waals surface area contributed by atoms with Gasteiger partial charge in [0.25, 0.3) is 0 Å². The molecule has 0 amide bonds. The maximum absolute atomic E-state index is 5.40. The Balaban J connectivity index is 2.13. The van der Waals surface area contributed by atoms with Crippen LogP contribution in [0.4, 0.5) is 0 Å². The average Bonchev–Trinajstić information content (AvgIpc) is 2.70. The van der Waals surface area contributed by atoms with E-state index in [0.29, 0.717) is 17.2 Å². The van der Waals surface area contributed by atoms with E-state index < -0.39 is 0 Å². The molecular formula is C19H27N3O3S. The van der Waals surface area contributed by atoms with E-state index in [2.05, 4.69) is 28.9 Å². The van der Waals surface area contributed by atoms with Crippen LogP contribution >= 0.6 is 11.8 Å². The summed E-state index contributed by atoms with van der Waals surface area (Å²) < 4.78 is 16.2. The minimum absolute atomic E-state index is 0.565. The first kappa shape index (κ1) is 20.3. The molecule has 1 aromatic carbocycles. The third-order valence-corrected chi connectivity index (χ3v) is 5.05. The first-order valence-corrected chi connectivity index (χ1v) is 9.64. The van der Waals surface area contributed by atoms with Crippen LogP contribution in [0.15, 0.2) is 29.3 Å². The van der Waals surface area contributed by atoms with Gasteiger partial charge in [0.05, 0.1) is 27.0 Å². The number of ether oxygens (including phenoxy) is 3. The molecule has 0 atom stereocenters. The lowest BCUT2D eigenvalue weighted by Gasteiger charge is -2.17. The van der Waals surface area contributed by atoms with Crippen LogP contribution in [0.5, 0.6) is 17.2 Å². The molecule has 7 heteroatoms. The van der Waals surface area contributed by atoms with Crippen LogP contribution in [0.1, 0.15) is 13.8 Å². The van der Waals surface area contributed by atoms with Crippen molar-refractivity contribution in [2.75, 3.05) is 46.7 Å². The van der Waals surface area contributed by atoms with Crippen molar-refractivity contribution in [2.45, 2.75) is 18.9 Å². The molecule has 2 rings (SSSR count). The number of rotatable bonds is 10. The minimum Gasteiger partial charge on any atom is -0.493 e. The third kappa shape index (κ3) is 5.02. The van der Waals surface area contributed by atoms with Gasteiger partial charge >= 0.3 is 0 Å². The van der Waals surface area contributed by atoms with E-state index >= 15 is 0 Å². The Morgan fingerprint density at radius 2 is 1.58 bits per heavy atom. The number of nitrogens with zero attached hydrogens (tertiary/aromatic N) is 3. The SMILES string of the molecule is CCN(CC)CCSc1ccc(-c2cc(OC)c(OC)c(OC)c2)nn1. The minimum atomic E-state index is 0.565. The highest BCUT2D eigenvalue weighted by molar-refractivity contribution is 7.99. The summed E-state index contributed by atoms with van der Waals surface area (Å²) in [5, 5.41) is 9.62. The number of hydrogen-bond acceptors (Lipinski definition) is 7. The van der Waals surface area contributed by atoms with Crippen molar-refractivity contribution < 1.29 is 14.2 Å². The maximum Gasteiger partial charge on any atom is 0.203 e. The van der Waals surface area contributed by atoms with Gasteiger partial charge in [-0.15, -0.1) is 22.0 Å². The standard InChI is InChI=1S/C19H27N3O3S/c1-6-22(7-2)10-11-26-18-9-8-15(20-21-18)14-12-16(23-3)19(25-5)17(13-14)24-4/h8-9,12-13H,6-7,10-11H2,1-5H3. The fourth-order valence-corrected chi connectivity index (χ4v) is 3.42. The smallest absolute Gasteiger partial charge is 0.203 e. The van der Waals surface area contributed by atoms with Crippen molar-refractivity contribution >= 4 is 11.8 Å². The molecule has 142 valence electrons. The summed E-state index contributed by atoms with van der Waals surface area (Å²) in [7, 11) is 4.79. The second kappa shape index (κ2) is 10.2. The zero-order valence-electron chi connectivity index (χ0n) is 16.1. The van der Waals surface area contributed by atoms with Crippen LogP contribution < -0.4 is 14.2 Å². The summed E-state index contributed by atoms with van der Waals surface area (Å²) in [6.07, 6.45) is 0. The summed E-state index contributed by atoms with van der Waals surface area (Å²) in [5.41, 5.74) is 1.63. The second-order valence-corrected chi connectivity index (χ2v) is 6.66. The zero-order valence-corrected chi connectivity index (χ0v) is 16.9. The van der Waals surface area contributed by atoms with E-state index in [9.17, 15) is 0 Å². The largest absolute Gasteiger partial charge is 0.493 e. The zero-order chi connectivity index (χ0) is 18.9. The molecule has 0 aliphatic heterocycles. The Bertz CT molecular complexity index is 666. The lowest BCUT2D eigenvalue weighted by Crippen LogP contribution is -2.25. The van der Waals surface area contributed by atoms with E-state index in [0.717, 1.165) is 41.7 Å². The molecule has 0 bridgehead atoms. The molecule has 2 aromatic rings. The van der Waals surface area contributed by atoms with E-state index in [1.807, 2.05) is 24.3 Å². The molecule has 0 aliphatic carbocycles. The fraction of sp³-hybridized carbons (Fsp3) is 0.474.